The molecule has 1 heterocycles. The first-order valence-electron chi connectivity index (χ1n) is 8.17. The Morgan fingerprint density at radius 2 is 1.91 bits per heavy atom. The number of aromatic nitrogens is 1. The Morgan fingerprint density at radius 3 is 2.55 bits per heavy atom. The summed E-state index contributed by atoms with van der Waals surface area (Å²) in [5, 5.41) is 6.65. The van der Waals surface area contributed by atoms with Gasteiger partial charge in [-0.25, -0.2) is 4.98 Å². The molecule has 0 unspecified atom stereocenters. The van der Waals surface area contributed by atoms with E-state index >= 15 is 0 Å². The van der Waals surface area contributed by atoms with E-state index in [9.17, 15) is 0 Å². The predicted molar refractivity (Wildman–Crippen MR) is 98.3 cm³/mol. The Labute approximate surface area is 139 Å². The zero-order chi connectivity index (χ0) is 16.2. The molecule has 0 bridgehead atoms. The van der Waals surface area contributed by atoms with Gasteiger partial charge in [-0.1, -0.05) is 59.2 Å². The van der Waals surface area contributed by atoms with Crippen LogP contribution in [-0.4, -0.2) is 4.98 Å². The molecule has 22 heavy (non-hydrogen) atoms. The molecule has 120 valence electrons. The number of thiazole rings is 1. The van der Waals surface area contributed by atoms with Crippen molar-refractivity contribution >= 4 is 22.2 Å². The summed E-state index contributed by atoms with van der Waals surface area (Å²) in [7, 11) is 0. The molecule has 1 aromatic carbocycles. The Hall–Kier alpha value is -1.35. The molecule has 2 rings (SSSR count). The largest absolute Gasteiger partial charge is 0.331 e. The van der Waals surface area contributed by atoms with E-state index < -0.39 is 0 Å². The highest BCUT2D eigenvalue weighted by Crippen LogP contribution is 2.29. The second-order valence-corrected chi connectivity index (χ2v) is 8.21. The van der Waals surface area contributed by atoms with Crippen LogP contribution in [0.5, 0.6) is 0 Å². The van der Waals surface area contributed by atoms with Crippen molar-refractivity contribution < 1.29 is 0 Å². The highest BCUT2D eigenvalue weighted by molar-refractivity contribution is 7.13. The fraction of sp³-hybridized carbons (Fsp3) is 0.526. The molecule has 1 N–H and O–H groups in total. The molecule has 0 fully saturated rings. The summed E-state index contributed by atoms with van der Waals surface area (Å²) >= 11 is 1.69. The second-order valence-electron chi connectivity index (χ2n) is 7.36. The van der Waals surface area contributed by atoms with Crippen LogP contribution in [-0.2, 0) is 11.8 Å². The van der Waals surface area contributed by atoms with Gasteiger partial charge in [-0.2, -0.15) is 0 Å². The van der Waals surface area contributed by atoms with E-state index in [0.29, 0.717) is 0 Å². The van der Waals surface area contributed by atoms with Gasteiger partial charge in [0.05, 0.1) is 5.69 Å². The molecule has 2 aromatic rings. The van der Waals surface area contributed by atoms with E-state index in [0.717, 1.165) is 23.2 Å². The maximum absolute atomic E-state index is 4.73. The summed E-state index contributed by atoms with van der Waals surface area (Å²) < 4.78 is 0. The topological polar surface area (TPSA) is 24.9 Å². The lowest BCUT2D eigenvalue weighted by molar-refractivity contribution is 0.556. The van der Waals surface area contributed by atoms with Gasteiger partial charge in [0.2, 0.25) is 0 Å². The van der Waals surface area contributed by atoms with Crippen LogP contribution >= 0.6 is 11.3 Å². The summed E-state index contributed by atoms with van der Waals surface area (Å²) in [6, 6.07) is 8.59. The van der Waals surface area contributed by atoms with Crippen LogP contribution in [0.15, 0.2) is 29.6 Å². The molecule has 3 heteroatoms. The highest BCUT2D eigenvalue weighted by atomic mass is 32.1. The fourth-order valence-electron chi connectivity index (χ4n) is 2.35. The number of hydrogen-bond acceptors (Lipinski definition) is 3. The third kappa shape index (κ3) is 4.84. The van der Waals surface area contributed by atoms with Gasteiger partial charge >= 0.3 is 0 Å². The van der Waals surface area contributed by atoms with Crippen molar-refractivity contribution in [2.75, 3.05) is 5.32 Å². The molecule has 0 spiro atoms. The van der Waals surface area contributed by atoms with Crippen molar-refractivity contribution in [1.82, 2.24) is 4.98 Å². The minimum absolute atomic E-state index is 0.104. The van der Waals surface area contributed by atoms with Crippen LogP contribution in [0.1, 0.15) is 58.7 Å². The number of aryl methyl sites for hydroxylation is 1. The molecule has 0 atom stereocenters. The molecule has 0 aliphatic carbocycles. The van der Waals surface area contributed by atoms with Gasteiger partial charge in [0.15, 0.2) is 5.13 Å². The van der Waals surface area contributed by atoms with Crippen LogP contribution in [0.4, 0.5) is 10.8 Å². The molecule has 0 radical (unpaired) electrons. The zero-order valence-electron chi connectivity index (χ0n) is 14.4. The Kier molecular flexibility index (Phi) is 5.63. The maximum atomic E-state index is 4.73. The van der Waals surface area contributed by atoms with Gasteiger partial charge < -0.3 is 5.32 Å². The normalized spacial score (nSPS) is 11.9. The molecular weight excluding hydrogens is 288 g/mol. The maximum Gasteiger partial charge on any atom is 0.187 e. The van der Waals surface area contributed by atoms with Crippen LogP contribution < -0.4 is 5.32 Å². The molecule has 0 aliphatic heterocycles. The van der Waals surface area contributed by atoms with E-state index in [4.69, 9.17) is 4.98 Å². The highest BCUT2D eigenvalue weighted by Gasteiger charge is 2.17. The lowest BCUT2D eigenvalue weighted by Gasteiger charge is -2.14. The van der Waals surface area contributed by atoms with Gasteiger partial charge in [0, 0.05) is 16.5 Å². The van der Waals surface area contributed by atoms with Crippen molar-refractivity contribution in [3.05, 3.63) is 40.9 Å². The van der Waals surface area contributed by atoms with Crippen molar-refractivity contribution in [3.8, 4) is 0 Å². The molecule has 0 aliphatic rings. The van der Waals surface area contributed by atoms with Gasteiger partial charge in [-0.3, -0.25) is 0 Å². The van der Waals surface area contributed by atoms with Crippen LogP contribution in [0.25, 0.3) is 0 Å². The molecule has 1 aromatic heterocycles. The summed E-state index contributed by atoms with van der Waals surface area (Å²) in [5.41, 5.74) is 3.83. The fourth-order valence-corrected chi connectivity index (χ4v) is 3.30. The lowest BCUT2D eigenvalue weighted by atomic mass is 9.93. The Morgan fingerprint density at radius 1 is 1.18 bits per heavy atom. The van der Waals surface area contributed by atoms with E-state index in [1.54, 1.807) is 11.3 Å². The first-order valence-corrected chi connectivity index (χ1v) is 9.05. The Bertz CT molecular complexity index is 593. The molecule has 0 saturated carbocycles. The smallest absolute Gasteiger partial charge is 0.187 e. The summed E-state index contributed by atoms with van der Waals surface area (Å²) in [5.74, 6) is 0.772. The summed E-state index contributed by atoms with van der Waals surface area (Å²) in [4.78, 5) is 4.73. The molecule has 0 amide bonds. The monoisotopic (exact) mass is 316 g/mol. The number of anilines is 2. The van der Waals surface area contributed by atoms with E-state index in [1.165, 1.54) is 24.1 Å². The van der Waals surface area contributed by atoms with Crippen molar-refractivity contribution in [1.29, 1.82) is 0 Å². The van der Waals surface area contributed by atoms with Crippen LogP contribution in [0.2, 0.25) is 0 Å². The minimum Gasteiger partial charge on any atom is -0.331 e. The van der Waals surface area contributed by atoms with Crippen molar-refractivity contribution in [2.45, 2.75) is 59.3 Å². The summed E-state index contributed by atoms with van der Waals surface area (Å²) in [6.45, 7) is 11.2. The van der Waals surface area contributed by atoms with Crippen molar-refractivity contribution in [2.24, 2.45) is 5.92 Å². The molecule has 0 saturated heterocycles. The van der Waals surface area contributed by atoms with Gasteiger partial charge in [0.1, 0.15) is 0 Å². The average Bonchev–Trinajstić information content (AvgIpc) is 2.89. The average molecular weight is 317 g/mol. The number of rotatable bonds is 6. The number of hydrogen-bond donors (Lipinski definition) is 1. The lowest BCUT2D eigenvalue weighted by Crippen LogP contribution is -2.11. The van der Waals surface area contributed by atoms with Crippen LogP contribution in [0, 0.1) is 5.92 Å². The Balaban J connectivity index is 2.07. The SMILES string of the molecule is CC(C)CCCc1ccccc1Nc1nc(C(C)(C)C)cs1. The third-order valence-corrected chi connectivity index (χ3v) is 4.52. The van der Waals surface area contributed by atoms with E-state index in [2.05, 4.69) is 69.6 Å². The number of nitrogens with one attached hydrogen (secondary N) is 1. The predicted octanol–water partition coefficient (Wildman–Crippen LogP) is 6.16. The molecular formula is C19H28N2S. The third-order valence-electron chi connectivity index (χ3n) is 3.76. The zero-order valence-corrected chi connectivity index (χ0v) is 15.3. The standard InChI is InChI=1S/C19H28N2S/c1-14(2)9-8-11-15-10-6-7-12-16(15)20-18-21-17(13-22-18)19(3,4)5/h6-7,10,12-14H,8-9,11H2,1-5H3,(H,20,21). The first-order chi connectivity index (χ1) is 10.4. The van der Waals surface area contributed by atoms with E-state index in [-0.39, 0.29) is 5.41 Å². The van der Waals surface area contributed by atoms with Gasteiger partial charge in [-0.05, 0) is 30.4 Å². The second kappa shape index (κ2) is 7.28. The number of benzene rings is 1. The molecule has 2 nitrogen and oxygen atoms in total. The van der Waals surface area contributed by atoms with Gasteiger partial charge in [-0.15, -0.1) is 11.3 Å². The first kappa shape index (κ1) is 17.0. The number of para-hydroxylation sites is 1. The van der Waals surface area contributed by atoms with E-state index in [1.807, 2.05) is 0 Å². The minimum atomic E-state index is 0.104. The quantitative estimate of drug-likeness (QED) is 0.690. The van der Waals surface area contributed by atoms with Crippen molar-refractivity contribution in [3.63, 3.8) is 0 Å². The number of nitrogens with zero attached hydrogens (tertiary/aromatic N) is 1. The van der Waals surface area contributed by atoms with Crippen LogP contribution in [0.3, 0.4) is 0 Å². The summed E-state index contributed by atoms with van der Waals surface area (Å²) in [6.07, 6.45) is 3.64. The van der Waals surface area contributed by atoms with Gasteiger partial charge in [0.25, 0.3) is 0 Å².